The first-order valence-corrected chi connectivity index (χ1v) is 10.9. The minimum atomic E-state index is -0.503. The number of hydrogen-bond donors (Lipinski definition) is 1. The molecule has 0 spiro atoms. The number of likely N-dealkylation sites (tertiary alicyclic amines) is 2. The Kier molecular flexibility index (Phi) is 7.49. The Balaban J connectivity index is 1.54. The van der Waals surface area contributed by atoms with Crippen molar-refractivity contribution in [2.45, 2.75) is 45.6 Å². The molecule has 7 nitrogen and oxygen atoms in total. The molecule has 2 aliphatic rings. The molecule has 0 aromatic heterocycles. The van der Waals surface area contributed by atoms with Gasteiger partial charge in [0, 0.05) is 25.2 Å². The summed E-state index contributed by atoms with van der Waals surface area (Å²) in [5, 5.41) is 13.8. The predicted octanol–water partition coefficient (Wildman–Crippen LogP) is 4.02. The number of nitrogens with zero attached hydrogens (tertiary/aromatic N) is 3. The highest BCUT2D eigenvalue weighted by Gasteiger charge is 2.29. The van der Waals surface area contributed by atoms with Crippen LogP contribution in [-0.4, -0.2) is 59.4 Å². The first-order valence-electron chi connectivity index (χ1n) is 10.5. The van der Waals surface area contributed by atoms with Crippen molar-refractivity contribution in [3.05, 3.63) is 33.3 Å². The van der Waals surface area contributed by atoms with Gasteiger partial charge < -0.3 is 10.2 Å². The van der Waals surface area contributed by atoms with E-state index in [1.807, 2.05) is 6.92 Å². The maximum atomic E-state index is 12.8. The van der Waals surface area contributed by atoms with Crippen molar-refractivity contribution in [3.8, 4) is 0 Å². The molecule has 0 saturated carbocycles. The molecular formula is C21H31ClN4O3. The van der Waals surface area contributed by atoms with Crippen LogP contribution in [0.3, 0.4) is 0 Å². The van der Waals surface area contributed by atoms with Gasteiger partial charge >= 0.3 is 0 Å². The van der Waals surface area contributed by atoms with Crippen molar-refractivity contribution in [1.82, 2.24) is 9.80 Å². The van der Waals surface area contributed by atoms with Gasteiger partial charge in [-0.25, -0.2) is 0 Å². The van der Waals surface area contributed by atoms with Gasteiger partial charge in [-0.15, -0.1) is 0 Å². The average molecular weight is 423 g/mol. The largest absolute Gasteiger partial charge is 0.323 e. The van der Waals surface area contributed by atoms with Crippen molar-refractivity contribution < 1.29 is 9.72 Å². The molecule has 8 heteroatoms. The summed E-state index contributed by atoms with van der Waals surface area (Å²) in [7, 11) is 0. The molecule has 1 aromatic carbocycles. The lowest BCUT2D eigenvalue weighted by Crippen LogP contribution is -2.49. The molecular weight excluding hydrogens is 392 g/mol. The van der Waals surface area contributed by atoms with Crippen LogP contribution >= 0.6 is 11.6 Å². The lowest BCUT2D eigenvalue weighted by atomic mass is 9.93. The molecule has 1 amide bonds. The summed E-state index contributed by atoms with van der Waals surface area (Å²) >= 11 is 6.11. The van der Waals surface area contributed by atoms with Gasteiger partial charge in [0.25, 0.3) is 5.69 Å². The Morgan fingerprint density at radius 2 is 2.03 bits per heavy atom. The van der Waals surface area contributed by atoms with Crippen LogP contribution in [-0.2, 0) is 4.79 Å². The van der Waals surface area contributed by atoms with E-state index >= 15 is 0 Å². The third-order valence-corrected chi connectivity index (χ3v) is 6.60. The van der Waals surface area contributed by atoms with Crippen LogP contribution in [0.4, 0.5) is 11.4 Å². The molecule has 2 aliphatic heterocycles. The van der Waals surface area contributed by atoms with Crippen LogP contribution in [0, 0.1) is 22.0 Å². The predicted molar refractivity (Wildman–Crippen MR) is 115 cm³/mol. The van der Waals surface area contributed by atoms with Gasteiger partial charge in [0.15, 0.2) is 0 Å². The summed E-state index contributed by atoms with van der Waals surface area (Å²) in [5.41, 5.74) is 0.317. The number of amides is 1. The summed E-state index contributed by atoms with van der Waals surface area (Å²) in [6.07, 6.45) is 4.88. The minimum Gasteiger partial charge on any atom is -0.323 e. The molecule has 29 heavy (non-hydrogen) atoms. The number of carbonyl (C=O) groups is 1. The molecule has 0 aliphatic carbocycles. The van der Waals surface area contributed by atoms with E-state index < -0.39 is 4.92 Å². The number of hydrogen-bond acceptors (Lipinski definition) is 5. The molecule has 3 rings (SSSR count). The van der Waals surface area contributed by atoms with Gasteiger partial charge in [-0.05, 0) is 70.1 Å². The maximum Gasteiger partial charge on any atom is 0.271 e. The molecule has 2 saturated heterocycles. The molecule has 1 aromatic rings. The summed E-state index contributed by atoms with van der Waals surface area (Å²) in [6, 6.07) is 3.83. The van der Waals surface area contributed by atoms with Crippen molar-refractivity contribution in [1.29, 1.82) is 0 Å². The number of non-ortho nitro benzene ring substituents is 1. The van der Waals surface area contributed by atoms with E-state index in [1.165, 1.54) is 50.6 Å². The SMILES string of the molecule is CC1CCN(CC2CCCN(C(C)C(=O)Nc3ccc([N+](=O)[O-])cc3Cl)C2)CC1. The van der Waals surface area contributed by atoms with Crippen molar-refractivity contribution in [2.75, 3.05) is 38.0 Å². The fourth-order valence-corrected chi connectivity index (χ4v) is 4.55. The molecule has 0 radical (unpaired) electrons. The van der Waals surface area contributed by atoms with Crippen LogP contribution in [0.25, 0.3) is 0 Å². The fourth-order valence-electron chi connectivity index (χ4n) is 4.33. The van der Waals surface area contributed by atoms with E-state index in [1.54, 1.807) is 0 Å². The number of nitro benzene ring substituents is 1. The van der Waals surface area contributed by atoms with Gasteiger partial charge in [0.1, 0.15) is 0 Å². The van der Waals surface area contributed by atoms with Crippen molar-refractivity contribution in [3.63, 3.8) is 0 Å². The van der Waals surface area contributed by atoms with Crippen LogP contribution in [0.15, 0.2) is 18.2 Å². The number of carbonyl (C=O) groups excluding carboxylic acids is 1. The van der Waals surface area contributed by atoms with Gasteiger partial charge in [-0.2, -0.15) is 0 Å². The Hall–Kier alpha value is -1.70. The van der Waals surface area contributed by atoms with E-state index in [0.717, 1.165) is 32.0 Å². The van der Waals surface area contributed by atoms with E-state index in [4.69, 9.17) is 11.6 Å². The highest BCUT2D eigenvalue weighted by molar-refractivity contribution is 6.34. The monoisotopic (exact) mass is 422 g/mol. The smallest absolute Gasteiger partial charge is 0.271 e. The van der Waals surface area contributed by atoms with E-state index in [0.29, 0.717) is 11.6 Å². The highest BCUT2D eigenvalue weighted by atomic mass is 35.5. The average Bonchev–Trinajstić information content (AvgIpc) is 2.70. The lowest BCUT2D eigenvalue weighted by molar-refractivity contribution is -0.384. The zero-order valence-electron chi connectivity index (χ0n) is 17.3. The van der Waals surface area contributed by atoms with Gasteiger partial charge in [-0.3, -0.25) is 19.8 Å². The normalized spacial score (nSPS) is 22.9. The third kappa shape index (κ3) is 5.90. The first-order chi connectivity index (χ1) is 13.8. The molecule has 2 unspecified atom stereocenters. The summed E-state index contributed by atoms with van der Waals surface area (Å²) in [5.74, 6) is 1.30. The van der Waals surface area contributed by atoms with E-state index in [2.05, 4.69) is 22.0 Å². The second-order valence-corrected chi connectivity index (χ2v) is 8.98. The maximum absolute atomic E-state index is 12.8. The third-order valence-electron chi connectivity index (χ3n) is 6.29. The van der Waals surface area contributed by atoms with Crippen LogP contribution in [0.2, 0.25) is 5.02 Å². The Bertz CT molecular complexity index is 737. The van der Waals surface area contributed by atoms with Crippen LogP contribution in [0.5, 0.6) is 0 Å². The molecule has 1 N–H and O–H groups in total. The quantitative estimate of drug-likeness (QED) is 0.553. The van der Waals surface area contributed by atoms with Crippen LogP contribution < -0.4 is 5.32 Å². The Labute approximate surface area is 177 Å². The first kappa shape index (κ1) is 22.0. The summed E-state index contributed by atoms with van der Waals surface area (Å²) in [4.78, 5) is 27.9. The van der Waals surface area contributed by atoms with Gasteiger partial charge in [0.2, 0.25) is 5.91 Å². The minimum absolute atomic E-state index is 0.0907. The molecule has 2 atom stereocenters. The van der Waals surface area contributed by atoms with Crippen molar-refractivity contribution >= 4 is 28.9 Å². The van der Waals surface area contributed by atoms with Gasteiger partial charge in [0.05, 0.1) is 21.7 Å². The number of piperidine rings is 2. The topological polar surface area (TPSA) is 78.7 Å². The summed E-state index contributed by atoms with van der Waals surface area (Å²) < 4.78 is 0. The highest BCUT2D eigenvalue weighted by Crippen LogP contribution is 2.28. The number of rotatable bonds is 6. The molecule has 160 valence electrons. The van der Waals surface area contributed by atoms with Crippen molar-refractivity contribution in [2.24, 2.45) is 11.8 Å². The Morgan fingerprint density at radius 1 is 1.31 bits per heavy atom. The number of nitro groups is 1. The van der Waals surface area contributed by atoms with E-state index in [9.17, 15) is 14.9 Å². The standard InChI is InChI=1S/C21H31ClN4O3/c1-15-7-10-24(11-8-15)13-17-4-3-9-25(14-17)16(2)21(27)23-20-6-5-18(26(28)29)12-19(20)22/h5-6,12,15-17H,3-4,7-11,13-14H2,1-2H3,(H,23,27). The Morgan fingerprint density at radius 3 is 2.69 bits per heavy atom. The number of nitrogens with one attached hydrogen (secondary N) is 1. The zero-order valence-corrected chi connectivity index (χ0v) is 18.0. The second-order valence-electron chi connectivity index (χ2n) is 8.57. The fraction of sp³-hybridized carbons (Fsp3) is 0.667. The number of halogens is 1. The molecule has 2 heterocycles. The zero-order chi connectivity index (χ0) is 21.0. The van der Waals surface area contributed by atoms with Gasteiger partial charge in [-0.1, -0.05) is 18.5 Å². The van der Waals surface area contributed by atoms with E-state index in [-0.39, 0.29) is 22.7 Å². The number of benzene rings is 1. The summed E-state index contributed by atoms with van der Waals surface area (Å²) in [6.45, 7) is 9.58. The molecule has 2 fully saturated rings. The lowest BCUT2D eigenvalue weighted by Gasteiger charge is -2.39. The number of anilines is 1. The van der Waals surface area contributed by atoms with Crippen LogP contribution in [0.1, 0.15) is 39.5 Å². The second kappa shape index (κ2) is 9.87. The molecule has 0 bridgehead atoms.